The number of ether oxygens (including phenoxy) is 3. The van der Waals surface area contributed by atoms with Gasteiger partial charge >= 0.3 is 0 Å². The molecule has 110 valence electrons. The van der Waals surface area contributed by atoms with Crippen molar-refractivity contribution in [2.45, 2.75) is 18.9 Å². The largest absolute Gasteiger partial charge is 0.480 e. The number of carbonyl (C=O) groups excluding carboxylic acids is 1. The predicted octanol–water partition coefficient (Wildman–Crippen LogP) is 0.501. The number of likely N-dealkylation sites (tertiary alicyclic amines) is 1. The van der Waals surface area contributed by atoms with Gasteiger partial charge in [0, 0.05) is 13.7 Å². The highest BCUT2D eigenvalue weighted by atomic mass is 16.5. The van der Waals surface area contributed by atoms with Crippen LogP contribution in [0.2, 0.25) is 0 Å². The first-order chi connectivity index (χ1) is 9.72. The number of nitrogens with zero attached hydrogens (tertiary/aromatic N) is 3. The van der Waals surface area contributed by atoms with E-state index in [1.807, 2.05) is 0 Å². The zero-order chi connectivity index (χ0) is 14.4. The number of rotatable bonds is 5. The summed E-state index contributed by atoms with van der Waals surface area (Å²) in [6.07, 6.45) is 4.76. The van der Waals surface area contributed by atoms with Gasteiger partial charge in [0.05, 0.1) is 26.0 Å². The summed E-state index contributed by atoms with van der Waals surface area (Å²) in [5, 5.41) is 0. The van der Waals surface area contributed by atoms with E-state index in [9.17, 15) is 4.79 Å². The topological polar surface area (TPSA) is 73.8 Å². The Kier molecular flexibility index (Phi) is 5.11. The molecule has 7 heteroatoms. The molecule has 1 saturated heterocycles. The van der Waals surface area contributed by atoms with E-state index < -0.39 is 0 Å². The lowest BCUT2D eigenvalue weighted by molar-refractivity contribution is -0.137. The van der Waals surface area contributed by atoms with Gasteiger partial charge in [0.2, 0.25) is 17.7 Å². The molecule has 0 unspecified atom stereocenters. The summed E-state index contributed by atoms with van der Waals surface area (Å²) in [5.41, 5.74) is 0. The van der Waals surface area contributed by atoms with Gasteiger partial charge in [-0.2, -0.15) is 4.98 Å². The van der Waals surface area contributed by atoms with Gasteiger partial charge in [0.1, 0.15) is 12.7 Å². The number of aromatic nitrogens is 2. The lowest BCUT2D eigenvalue weighted by Gasteiger charge is -2.32. The van der Waals surface area contributed by atoms with Crippen LogP contribution in [0.25, 0.3) is 0 Å². The van der Waals surface area contributed by atoms with Crippen LogP contribution in [-0.2, 0) is 9.53 Å². The standard InChI is InChI=1S/C13H19N3O4/c1-18-9-13(17)16-5-3-4-10(8-16)20-12-7-14-6-11(15-12)19-2/h6-7,10H,3-5,8-9H2,1-2H3/t10-/m1/s1. The van der Waals surface area contributed by atoms with Gasteiger partial charge in [-0.05, 0) is 12.8 Å². The molecule has 0 saturated carbocycles. The summed E-state index contributed by atoms with van der Waals surface area (Å²) in [4.78, 5) is 21.7. The lowest BCUT2D eigenvalue weighted by Crippen LogP contribution is -2.45. The Labute approximate surface area is 117 Å². The average Bonchev–Trinajstić information content (AvgIpc) is 2.48. The van der Waals surface area contributed by atoms with E-state index >= 15 is 0 Å². The van der Waals surface area contributed by atoms with E-state index in [1.54, 1.807) is 11.1 Å². The first-order valence-electron chi connectivity index (χ1n) is 6.52. The minimum absolute atomic E-state index is 0.0162. The molecule has 1 aromatic rings. The normalized spacial score (nSPS) is 18.7. The summed E-state index contributed by atoms with van der Waals surface area (Å²) in [7, 11) is 3.04. The smallest absolute Gasteiger partial charge is 0.248 e. The SMILES string of the molecule is COCC(=O)N1CCC[C@@H](Oc2cncc(OC)n2)C1. The highest BCUT2D eigenvalue weighted by molar-refractivity contribution is 5.77. The number of hydrogen-bond acceptors (Lipinski definition) is 6. The lowest BCUT2D eigenvalue weighted by atomic mass is 10.1. The van der Waals surface area contributed by atoms with Crippen LogP contribution in [0.5, 0.6) is 11.8 Å². The van der Waals surface area contributed by atoms with Crippen molar-refractivity contribution in [2.75, 3.05) is 33.9 Å². The molecule has 0 radical (unpaired) electrons. The first-order valence-corrected chi connectivity index (χ1v) is 6.52. The van der Waals surface area contributed by atoms with Gasteiger partial charge in [-0.3, -0.25) is 9.78 Å². The molecular formula is C13H19N3O4. The van der Waals surface area contributed by atoms with Crippen LogP contribution in [0, 0.1) is 0 Å². The average molecular weight is 281 g/mol. The van der Waals surface area contributed by atoms with Gasteiger partial charge in [0.25, 0.3) is 0 Å². The Morgan fingerprint density at radius 2 is 2.20 bits per heavy atom. The van der Waals surface area contributed by atoms with Gasteiger partial charge in [0.15, 0.2) is 0 Å². The molecule has 20 heavy (non-hydrogen) atoms. The molecule has 2 heterocycles. The van der Waals surface area contributed by atoms with Gasteiger partial charge in [-0.15, -0.1) is 0 Å². The van der Waals surface area contributed by atoms with E-state index in [1.165, 1.54) is 20.4 Å². The van der Waals surface area contributed by atoms with E-state index in [2.05, 4.69) is 9.97 Å². The van der Waals surface area contributed by atoms with Crippen LogP contribution in [0.15, 0.2) is 12.4 Å². The van der Waals surface area contributed by atoms with Crippen LogP contribution in [0.1, 0.15) is 12.8 Å². The quantitative estimate of drug-likeness (QED) is 0.782. The summed E-state index contributed by atoms with van der Waals surface area (Å²) in [6.45, 7) is 1.39. The maximum atomic E-state index is 11.8. The Morgan fingerprint density at radius 1 is 1.40 bits per heavy atom. The Morgan fingerprint density at radius 3 is 2.95 bits per heavy atom. The van der Waals surface area contributed by atoms with E-state index in [0.717, 1.165) is 19.4 Å². The third-order valence-corrected chi connectivity index (χ3v) is 3.09. The van der Waals surface area contributed by atoms with Crippen LogP contribution < -0.4 is 9.47 Å². The number of piperidine rings is 1. The van der Waals surface area contributed by atoms with Gasteiger partial charge in [-0.1, -0.05) is 0 Å². The molecule has 7 nitrogen and oxygen atoms in total. The van der Waals surface area contributed by atoms with Crippen LogP contribution >= 0.6 is 0 Å². The van der Waals surface area contributed by atoms with Crippen molar-refractivity contribution in [3.63, 3.8) is 0 Å². The van der Waals surface area contributed by atoms with Crippen molar-refractivity contribution >= 4 is 5.91 Å². The highest BCUT2D eigenvalue weighted by Crippen LogP contribution is 2.18. The number of hydrogen-bond donors (Lipinski definition) is 0. The molecule has 0 aliphatic carbocycles. The Bertz CT molecular complexity index is 455. The van der Waals surface area contributed by atoms with Crippen molar-refractivity contribution in [3.05, 3.63) is 12.4 Å². The fraction of sp³-hybridized carbons (Fsp3) is 0.615. The molecule has 1 aromatic heterocycles. The molecule has 0 N–H and O–H groups in total. The van der Waals surface area contributed by atoms with Gasteiger partial charge in [-0.25, -0.2) is 0 Å². The zero-order valence-electron chi connectivity index (χ0n) is 11.7. The minimum atomic E-state index is -0.0778. The maximum absolute atomic E-state index is 11.8. The van der Waals surface area contributed by atoms with Crippen molar-refractivity contribution in [2.24, 2.45) is 0 Å². The molecule has 0 bridgehead atoms. The number of methoxy groups -OCH3 is 2. The molecule has 1 amide bonds. The Hall–Kier alpha value is -1.89. The van der Waals surface area contributed by atoms with Crippen molar-refractivity contribution < 1.29 is 19.0 Å². The molecule has 1 aliphatic heterocycles. The summed E-state index contributed by atoms with van der Waals surface area (Å²) in [5.74, 6) is 0.804. The van der Waals surface area contributed by atoms with Crippen LogP contribution in [0.3, 0.4) is 0 Å². The maximum Gasteiger partial charge on any atom is 0.248 e. The summed E-state index contributed by atoms with van der Waals surface area (Å²) in [6, 6.07) is 0. The summed E-state index contributed by atoms with van der Waals surface area (Å²) < 4.78 is 15.6. The molecule has 2 rings (SSSR count). The van der Waals surface area contributed by atoms with E-state index in [-0.39, 0.29) is 18.6 Å². The third kappa shape index (κ3) is 3.80. The Balaban J connectivity index is 1.93. The second kappa shape index (κ2) is 7.04. The summed E-state index contributed by atoms with van der Waals surface area (Å²) >= 11 is 0. The predicted molar refractivity (Wildman–Crippen MR) is 70.7 cm³/mol. The zero-order valence-corrected chi connectivity index (χ0v) is 11.7. The molecule has 0 spiro atoms. The molecule has 1 atom stereocenters. The van der Waals surface area contributed by atoms with Crippen LogP contribution in [-0.4, -0.2) is 60.8 Å². The molecule has 1 fully saturated rings. The highest BCUT2D eigenvalue weighted by Gasteiger charge is 2.25. The number of carbonyl (C=O) groups is 1. The van der Waals surface area contributed by atoms with E-state index in [0.29, 0.717) is 18.3 Å². The number of amides is 1. The van der Waals surface area contributed by atoms with Crippen molar-refractivity contribution in [3.8, 4) is 11.8 Å². The van der Waals surface area contributed by atoms with Gasteiger partial charge < -0.3 is 19.1 Å². The van der Waals surface area contributed by atoms with Crippen LogP contribution in [0.4, 0.5) is 0 Å². The second-order valence-electron chi connectivity index (χ2n) is 4.55. The fourth-order valence-corrected chi connectivity index (χ4v) is 2.13. The molecule has 0 aromatic carbocycles. The fourth-order valence-electron chi connectivity index (χ4n) is 2.13. The molecular weight excluding hydrogens is 262 g/mol. The first kappa shape index (κ1) is 14.5. The van der Waals surface area contributed by atoms with Crippen molar-refractivity contribution in [1.82, 2.24) is 14.9 Å². The monoisotopic (exact) mass is 281 g/mol. The van der Waals surface area contributed by atoms with Crippen molar-refractivity contribution in [1.29, 1.82) is 0 Å². The second-order valence-corrected chi connectivity index (χ2v) is 4.55. The minimum Gasteiger partial charge on any atom is -0.480 e. The third-order valence-electron chi connectivity index (χ3n) is 3.09. The molecule has 1 aliphatic rings. The van der Waals surface area contributed by atoms with E-state index in [4.69, 9.17) is 14.2 Å².